The summed E-state index contributed by atoms with van der Waals surface area (Å²) in [5.41, 5.74) is 0. The Bertz CT molecular complexity index is 94.9. The Morgan fingerprint density at radius 1 is 1.14 bits per heavy atom. The molecule has 0 aromatic rings. The maximum atomic E-state index is 8.52. The molecule has 0 atom stereocenters. The van der Waals surface area contributed by atoms with Gasteiger partial charge in [-0.25, -0.2) is 0 Å². The van der Waals surface area contributed by atoms with Gasteiger partial charge < -0.3 is 9.11 Å². The minimum atomic E-state index is -5.17. The van der Waals surface area contributed by atoms with Crippen molar-refractivity contribution in [1.29, 1.82) is 0 Å². The SMILES string of the molecule is O=S(=O)([O-])[O-].[K+].[Rh+2]. The van der Waals surface area contributed by atoms with Gasteiger partial charge >= 0.3 is 70.9 Å². The Labute approximate surface area is 96.8 Å². The Balaban J connectivity index is -0.0000000800. The fraction of sp³-hybridized carbons (Fsp3) is 0. The second-order valence-corrected chi connectivity index (χ2v) is 1.22. The van der Waals surface area contributed by atoms with Crippen LogP contribution in [0, 0.1) is 0 Å². The molecule has 4 nitrogen and oxygen atoms in total. The van der Waals surface area contributed by atoms with Crippen molar-refractivity contribution in [3.63, 3.8) is 0 Å². The van der Waals surface area contributed by atoms with Crippen molar-refractivity contribution < 1.29 is 88.4 Å². The molecule has 0 spiro atoms. The van der Waals surface area contributed by atoms with E-state index in [1.807, 2.05) is 0 Å². The molecule has 0 saturated heterocycles. The smallest absolute Gasteiger partial charge is 0.759 e. The van der Waals surface area contributed by atoms with Gasteiger partial charge in [0.2, 0.25) is 0 Å². The molecule has 0 aromatic heterocycles. The summed E-state index contributed by atoms with van der Waals surface area (Å²) in [6.07, 6.45) is 0. The molecule has 0 aliphatic rings. The van der Waals surface area contributed by atoms with Crippen molar-refractivity contribution in [1.82, 2.24) is 0 Å². The van der Waals surface area contributed by atoms with Gasteiger partial charge in [0, 0.05) is 10.4 Å². The predicted octanol–water partition coefficient (Wildman–Crippen LogP) is -4.34. The fourth-order valence-electron chi connectivity index (χ4n) is 0. The van der Waals surface area contributed by atoms with Crippen LogP contribution in [0.3, 0.4) is 0 Å². The van der Waals surface area contributed by atoms with Crippen LogP contribution in [0.15, 0.2) is 0 Å². The molecular weight excluding hydrogens is 238 g/mol. The number of rotatable bonds is 0. The van der Waals surface area contributed by atoms with Gasteiger partial charge in [-0.15, -0.1) is 0 Å². The van der Waals surface area contributed by atoms with E-state index in [2.05, 4.69) is 0 Å². The van der Waals surface area contributed by atoms with Crippen LogP contribution in [-0.2, 0) is 29.9 Å². The quantitative estimate of drug-likeness (QED) is 0.243. The predicted molar refractivity (Wildman–Crippen MR) is 10.5 cm³/mol. The third kappa shape index (κ3) is 67.3. The summed E-state index contributed by atoms with van der Waals surface area (Å²) in [5, 5.41) is 0. The fourth-order valence-corrected chi connectivity index (χ4v) is 0. The summed E-state index contributed by atoms with van der Waals surface area (Å²) >= 11 is 0. The zero-order chi connectivity index (χ0) is 4.50. The second kappa shape index (κ2) is 6.25. The number of hydrogen-bond acceptors (Lipinski definition) is 4. The average molecular weight is 238 g/mol. The molecule has 0 heterocycles. The maximum absolute atomic E-state index is 8.52. The van der Waals surface area contributed by atoms with Crippen molar-refractivity contribution in [3.05, 3.63) is 0 Å². The molecule has 0 amide bonds. The van der Waals surface area contributed by atoms with Gasteiger partial charge in [0.15, 0.2) is 0 Å². The van der Waals surface area contributed by atoms with Gasteiger partial charge in [-0.3, -0.25) is 8.42 Å². The minimum absolute atomic E-state index is 0. The summed E-state index contributed by atoms with van der Waals surface area (Å²) in [7, 11) is -5.17. The van der Waals surface area contributed by atoms with Crippen LogP contribution >= 0.6 is 0 Å². The molecule has 0 saturated carbocycles. The summed E-state index contributed by atoms with van der Waals surface area (Å²) in [5.74, 6) is 0. The van der Waals surface area contributed by atoms with Crippen LogP contribution in [0.1, 0.15) is 0 Å². The van der Waals surface area contributed by atoms with Crippen molar-refractivity contribution in [2.45, 2.75) is 0 Å². The van der Waals surface area contributed by atoms with Gasteiger partial charge in [0.1, 0.15) is 0 Å². The monoisotopic (exact) mass is 238 g/mol. The number of hydrogen-bond donors (Lipinski definition) is 0. The summed E-state index contributed by atoms with van der Waals surface area (Å²) in [4.78, 5) is 0. The van der Waals surface area contributed by atoms with E-state index >= 15 is 0 Å². The molecular formula is KO4RhS+. The van der Waals surface area contributed by atoms with E-state index in [0.717, 1.165) is 0 Å². The van der Waals surface area contributed by atoms with E-state index in [4.69, 9.17) is 17.5 Å². The van der Waals surface area contributed by atoms with Crippen molar-refractivity contribution in [3.8, 4) is 0 Å². The van der Waals surface area contributed by atoms with Gasteiger partial charge in [0.05, 0.1) is 0 Å². The molecule has 0 bridgehead atoms. The van der Waals surface area contributed by atoms with Crippen LogP contribution in [0.2, 0.25) is 0 Å². The largest absolute Gasteiger partial charge is 2.00 e. The van der Waals surface area contributed by atoms with Crippen LogP contribution in [0.25, 0.3) is 0 Å². The Morgan fingerprint density at radius 3 is 1.14 bits per heavy atom. The summed E-state index contributed by atoms with van der Waals surface area (Å²) < 4.78 is 34.1. The van der Waals surface area contributed by atoms with Crippen LogP contribution in [-0.4, -0.2) is 17.5 Å². The zero-order valence-electron chi connectivity index (χ0n) is 3.37. The zero-order valence-corrected chi connectivity index (χ0v) is 8.95. The first-order valence-corrected chi connectivity index (χ1v) is 2.00. The standard InChI is InChI=1S/K.H2O4S.Rh/c;1-5(2,3)4;/h;(H2,1,2,3,4);/q+1;;+2/p-2. The van der Waals surface area contributed by atoms with Crippen molar-refractivity contribution >= 4 is 10.4 Å². The molecule has 0 N–H and O–H groups in total. The summed E-state index contributed by atoms with van der Waals surface area (Å²) in [6, 6.07) is 0. The first kappa shape index (κ1) is 16.1. The van der Waals surface area contributed by atoms with Gasteiger partial charge in [-0.05, 0) is 0 Å². The Morgan fingerprint density at radius 2 is 1.14 bits per heavy atom. The van der Waals surface area contributed by atoms with E-state index in [9.17, 15) is 0 Å². The van der Waals surface area contributed by atoms with Crippen LogP contribution < -0.4 is 51.4 Å². The van der Waals surface area contributed by atoms with Crippen LogP contribution in [0.4, 0.5) is 0 Å². The van der Waals surface area contributed by atoms with E-state index in [-0.39, 0.29) is 70.9 Å². The van der Waals surface area contributed by atoms with Gasteiger partial charge in [-0.1, -0.05) is 0 Å². The maximum Gasteiger partial charge on any atom is 2.00 e. The molecule has 0 unspecified atom stereocenters. The second-order valence-electron chi connectivity index (χ2n) is 0.408. The molecule has 7 heteroatoms. The molecule has 0 fully saturated rings. The molecule has 1 radical (unpaired) electrons. The third-order valence-corrected chi connectivity index (χ3v) is 0. The Hall–Kier alpha value is 2.13. The van der Waals surface area contributed by atoms with Gasteiger partial charge in [-0.2, -0.15) is 0 Å². The topological polar surface area (TPSA) is 80.3 Å². The average Bonchev–Trinajstić information content (AvgIpc) is 0.722. The Kier molecular flexibility index (Phi) is 14.3. The first-order valence-electron chi connectivity index (χ1n) is 0.667. The van der Waals surface area contributed by atoms with E-state index in [1.54, 1.807) is 0 Å². The van der Waals surface area contributed by atoms with Gasteiger partial charge in [0.25, 0.3) is 0 Å². The molecule has 0 aliphatic carbocycles. The van der Waals surface area contributed by atoms with E-state index in [0.29, 0.717) is 0 Å². The normalized spacial score (nSPS) is 8.29. The minimum Gasteiger partial charge on any atom is -0.759 e. The summed E-state index contributed by atoms with van der Waals surface area (Å²) in [6.45, 7) is 0. The van der Waals surface area contributed by atoms with E-state index < -0.39 is 10.4 Å². The van der Waals surface area contributed by atoms with Crippen LogP contribution in [0.5, 0.6) is 0 Å². The molecule has 7 heavy (non-hydrogen) atoms. The molecule has 39 valence electrons. The first-order chi connectivity index (χ1) is 2.00. The van der Waals surface area contributed by atoms with E-state index in [1.165, 1.54) is 0 Å². The molecule has 0 aliphatic heterocycles. The molecule has 0 aromatic carbocycles. The molecule has 0 rings (SSSR count). The van der Waals surface area contributed by atoms with Crippen molar-refractivity contribution in [2.75, 3.05) is 0 Å². The van der Waals surface area contributed by atoms with Crippen molar-refractivity contribution in [2.24, 2.45) is 0 Å². The third-order valence-electron chi connectivity index (χ3n) is 0.